The largest absolute Gasteiger partial charge is 0.392 e. The fourth-order valence-electron chi connectivity index (χ4n) is 1.13. The first-order chi connectivity index (χ1) is 5.61. The molecule has 0 aromatic heterocycles. The van der Waals surface area contributed by atoms with Crippen LogP contribution in [0.15, 0.2) is 0 Å². The van der Waals surface area contributed by atoms with E-state index in [2.05, 4.69) is 18.7 Å². The Balaban J connectivity index is 3.86. The molecule has 72 valence electrons. The Kier molecular flexibility index (Phi) is 6.24. The van der Waals surface area contributed by atoms with Crippen molar-refractivity contribution in [3.05, 3.63) is 0 Å². The molecule has 1 unspecified atom stereocenters. The molecule has 0 fully saturated rings. The number of rotatable bonds is 6. The van der Waals surface area contributed by atoms with Crippen LogP contribution in [-0.4, -0.2) is 42.7 Å². The number of nitrogens with two attached hydrogens (primary N) is 1. The van der Waals surface area contributed by atoms with Crippen LogP contribution in [0.4, 0.5) is 0 Å². The molecule has 0 aliphatic rings. The number of hydrogen-bond donors (Lipinski definition) is 1. The lowest BCUT2D eigenvalue weighted by atomic mass is 10.3. The summed E-state index contributed by atoms with van der Waals surface area (Å²) in [5, 5.41) is 0. The molecular weight excluding hydrogens is 172 g/mol. The van der Waals surface area contributed by atoms with Crippen molar-refractivity contribution in [3.63, 3.8) is 0 Å². The minimum Gasteiger partial charge on any atom is -0.392 e. The first-order valence-electron chi connectivity index (χ1n) is 4.13. The molecule has 0 aromatic rings. The molecule has 0 rings (SSSR count). The molecule has 0 saturated heterocycles. The van der Waals surface area contributed by atoms with Gasteiger partial charge in [0, 0.05) is 19.7 Å². The van der Waals surface area contributed by atoms with Crippen molar-refractivity contribution in [1.82, 2.24) is 4.90 Å². The van der Waals surface area contributed by atoms with Crippen LogP contribution in [0.25, 0.3) is 0 Å². The summed E-state index contributed by atoms with van der Waals surface area (Å²) < 4.78 is 5.04. The van der Waals surface area contributed by atoms with Crippen LogP contribution in [0.5, 0.6) is 0 Å². The van der Waals surface area contributed by atoms with Gasteiger partial charge in [0.2, 0.25) is 0 Å². The predicted molar refractivity (Wildman–Crippen MR) is 55.4 cm³/mol. The second kappa shape index (κ2) is 6.34. The topological polar surface area (TPSA) is 38.5 Å². The summed E-state index contributed by atoms with van der Waals surface area (Å²) in [6.07, 6.45) is 0. The van der Waals surface area contributed by atoms with E-state index >= 15 is 0 Å². The fourth-order valence-corrected chi connectivity index (χ4v) is 1.29. The maximum Gasteiger partial charge on any atom is 0.0870 e. The van der Waals surface area contributed by atoms with Crippen LogP contribution < -0.4 is 5.73 Å². The van der Waals surface area contributed by atoms with Crippen LogP contribution in [0.1, 0.15) is 13.8 Å². The third-order valence-corrected chi connectivity index (χ3v) is 1.93. The van der Waals surface area contributed by atoms with Gasteiger partial charge in [0.15, 0.2) is 0 Å². The molecule has 0 saturated carbocycles. The van der Waals surface area contributed by atoms with Crippen molar-refractivity contribution in [3.8, 4) is 0 Å². The van der Waals surface area contributed by atoms with Crippen molar-refractivity contribution in [2.45, 2.75) is 19.9 Å². The van der Waals surface area contributed by atoms with Gasteiger partial charge in [-0.1, -0.05) is 19.1 Å². The maximum atomic E-state index is 5.45. The third kappa shape index (κ3) is 4.64. The van der Waals surface area contributed by atoms with Gasteiger partial charge in [-0.2, -0.15) is 0 Å². The fraction of sp³-hybridized carbons (Fsp3) is 0.875. The normalized spacial score (nSPS) is 13.3. The quantitative estimate of drug-likeness (QED) is 0.624. The zero-order valence-electron chi connectivity index (χ0n) is 8.04. The Bertz CT molecular complexity index is 141. The van der Waals surface area contributed by atoms with Crippen LogP contribution in [0.2, 0.25) is 0 Å². The van der Waals surface area contributed by atoms with Crippen LogP contribution in [0, 0.1) is 0 Å². The molecule has 0 aromatic carbocycles. The van der Waals surface area contributed by atoms with Gasteiger partial charge >= 0.3 is 0 Å². The molecule has 4 heteroatoms. The zero-order chi connectivity index (χ0) is 9.56. The van der Waals surface area contributed by atoms with Crippen molar-refractivity contribution in [2.75, 3.05) is 26.8 Å². The van der Waals surface area contributed by atoms with Gasteiger partial charge in [-0.15, -0.1) is 0 Å². The summed E-state index contributed by atoms with van der Waals surface area (Å²) in [6.45, 7) is 6.53. The van der Waals surface area contributed by atoms with Crippen LogP contribution in [-0.2, 0) is 4.74 Å². The number of hydrogen-bond acceptors (Lipinski definition) is 3. The summed E-state index contributed by atoms with van der Waals surface area (Å²) in [7, 11) is 1.70. The van der Waals surface area contributed by atoms with Gasteiger partial charge in [0.05, 0.1) is 11.6 Å². The van der Waals surface area contributed by atoms with Crippen LogP contribution >= 0.6 is 12.2 Å². The summed E-state index contributed by atoms with van der Waals surface area (Å²) >= 11 is 4.84. The van der Waals surface area contributed by atoms with E-state index in [-0.39, 0.29) is 0 Å². The molecule has 12 heavy (non-hydrogen) atoms. The maximum absolute atomic E-state index is 5.45. The molecule has 0 heterocycles. The molecule has 0 amide bonds. The number of likely N-dealkylation sites (N-methyl/N-ethyl adjacent to an activating group) is 1. The highest BCUT2D eigenvalue weighted by Gasteiger charge is 2.11. The predicted octanol–water partition coefficient (Wildman–Crippen LogP) is 0.629. The van der Waals surface area contributed by atoms with Crippen molar-refractivity contribution in [1.29, 1.82) is 0 Å². The Morgan fingerprint density at radius 3 is 2.58 bits per heavy atom. The van der Waals surface area contributed by atoms with Gasteiger partial charge in [0.1, 0.15) is 0 Å². The van der Waals surface area contributed by atoms with Crippen molar-refractivity contribution in [2.24, 2.45) is 5.73 Å². The van der Waals surface area contributed by atoms with Crippen molar-refractivity contribution >= 4 is 17.2 Å². The summed E-state index contributed by atoms with van der Waals surface area (Å²) in [5.41, 5.74) is 5.45. The Labute approximate surface area is 79.9 Å². The van der Waals surface area contributed by atoms with E-state index in [1.807, 2.05) is 0 Å². The molecule has 0 spiro atoms. The van der Waals surface area contributed by atoms with Crippen LogP contribution in [0.3, 0.4) is 0 Å². The van der Waals surface area contributed by atoms with E-state index < -0.39 is 0 Å². The van der Waals surface area contributed by atoms with Gasteiger partial charge in [-0.25, -0.2) is 0 Å². The average Bonchev–Trinajstić information content (AvgIpc) is 2.00. The SMILES string of the molecule is CCN(CC(N)=S)C(C)COC. The lowest BCUT2D eigenvalue weighted by Gasteiger charge is -2.26. The monoisotopic (exact) mass is 190 g/mol. The molecule has 0 radical (unpaired) electrons. The summed E-state index contributed by atoms with van der Waals surface area (Å²) in [6, 6.07) is 0.376. The molecule has 0 aliphatic heterocycles. The van der Waals surface area contributed by atoms with E-state index in [9.17, 15) is 0 Å². The number of methoxy groups -OCH3 is 1. The third-order valence-electron chi connectivity index (χ3n) is 1.80. The molecule has 1 atom stereocenters. The molecular formula is C8H18N2OS. The number of nitrogens with zero attached hydrogens (tertiary/aromatic N) is 1. The van der Waals surface area contributed by atoms with E-state index in [4.69, 9.17) is 22.7 Å². The highest BCUT2D eigenvalue weighted by molar-refractivity contribution is 7.80. The Morgan fingerprint density at radius 1 is 1.67 bits per heavy atom. The van der Waals surface area contributed by atoms with Gasteiger partial charge < -0.3 is 10.5 Å². The smallest absolute Gasteiger partial charge is 0.0870 e. The first-order valence-corrected chi connectivity index (χ1v) is 4.53. The first kappa shape index (κ1) is 11.8. The second-order valence-electron chi connectivity index (χ2n) is 2.83. The lowest BCUT2D eigenvalue weighted by Crippen LogP contribution is -2.41. The number of ether oxygens (including phenoxy) is 1. The van der Waals surface area contributed by atoms with Gasteiger partial charge in [-0.3, -0.25) is 4.90 Å². The van der Waals surface area contributed by atoms with Crippen molar-refractivity contribution < 1.29 is 4.74 Å². The van der Waals surface area contributed by atoms with Gasteiger partial charge in [0.25, 0.3) is 0 Å². The second-order valence-corrected chi connectivity index (χ2v) is 3.36. The molecule has 2 N–H and O–H groups in total. The van der Waals surface area contributed by atoms with E-state index in [0.29, 0.717) is 17.6 Å². The Hall–Kier alpha value is -0.190. The minimum atomic E-state index is 0.376. The highest BCUT2D eigenvalue weighted by atomic mass is 32.1. The average molecular weight is 190 g/mol. The van der Waals surface area contributed by atoms with E-state index in [0.717, 1.165) is 13.2 Å². The Morgan fingerprint density at radius 2 is 2.25 bits per heavy atom. The number of thiocarbonyl (C=S) groups is 1. The summed E-state index contributed by atoms with van der Waals surface area (Å²) in [4.78, 5) is 2.73. The standard InChI is InChI=1S/C8H18N2OS/c1-4-10(5-8(9)12)7(2)6-11-3/h7H,4-6H2,1-3H3,(H2,9,12). The minimum absolute atomic E-state index is 0.376. The zero-order valence-corrected chi connectivity index (χ0v) is 8.86. The molecule has 3 nitrogen and oxygen atoms in total. The molecule has 0 aliphatic carbocycles. The van der Waals surface area contributed by atoms with Gasteiger partial charge in [-0.05, 0) is 13.5 Å². The van der Waals surface area contributed by atoms with E-state index in [1.165, 1.54) is 0 Å². The highest BCUT2D eigenvalue weighted by Crippen LogP contribution is 1.98. The summed E-state index contributed by atoms with van der Waals surface area (Å²) in [5.74, 6) is 0. The molecule has 0 bridgehead atoms. The lowest BCUT2D eigenvalue weighted by molar-refractivity contribution is 0.113. The van der Waals surface area contributed by atoms with E-state index in [1.54, 1.807) is 7.11 Å².